The van der Waals surface area contributed by atoms with Gasteiger partial charge in [-0.2, -0.15) is 0 Å². The van der Waals surface area contributed by atoms with E-state index in [2.05, 4.69) is 110 Å². The van der Waals surface area contributed by atoms with Crippen LogP contribution >= 0.6 is 11.8 Å². The molecule has 0 N–H and O–H groups in total. The van der Waals surface area contributed by atoms with Crippen LogP contribution in [0.3, 0.4) is 0 Å². The Hall–Kier alpha value is -2.45. The standard InChI is InChI=1S/C24H23NS/c1-24(2,3)19-12-14-21(15-13-19)26-23-22(18-9-5-4-6-10-18)17-20-11-7-8-16-25(20)23/h4-17H,1-3H3. The Morgan fingerprint density at radius 2 is 1.46 bits per heavy atom. The zero-order valence-electron chi connectivity index (χ0n) is 15.4. The van der Waals surface area contributed by atoms with Crippen molar-refractivity contribution in [2.75, 3.05) is 0 Å². The molecule has 0 radical (unpaired) electrons. The summed E-state index contributed by atoms with van der Waals surface area (Å²) in [5.41, 5.74) is 5.30. The number of hydrogen-bond donors (Lipinski definition) is 0. The molecule has 0 aliphatic rings. The normalized spacial score (nSPS) is 11.8. The maximum atomic E-state index is 2.28. The average Bonchev–Trinajstić information content (AvgIpc) is 3.01. The van der Waals surface area contributed by atoms with Crippen molar-refractivity contribution >= 4 is 17.3 Å². The van der Waals surface area contributed by atoms with Gasteiger partial charge in [0.1, 0.15) is 0 Å². The summed E-state index contributed by atoms with van der Waals surface area (Å²) in [6, 6.07) is 28.2. The number of benzene rings is 2. The Labute approximate surface area is 159 Å². The minimum absolute atomic E-state index is 0.181. The minimum atomic E-state index is 0.181. The zero-order chi connectivity index (χ0) is 18.1. The monoisotopic (exact) mass is 357 g/mol. The number of fused-ring (bicyclic) bond motifs is 1. The zero-order valence-corrected chi connectivity index (χ0v) is 16.3. The molecule has 0 spiro atoms. The molecule has 130 valence electrons. The van der Waals surface area contributed by atoms with Crippen molar-refractivity contribution in [2.45, 2.75) is 36.1 Å². The van der Waals surface area contributed by atoms with Crippen LogP contribution in [0, 0.1) is 0 Å². The number of hydrogen-bond acceptors (Lipinski definition) is 1. The highest BCUT2D eigenvalue weighted by atomic mass is 32.2. The van der Waals surface area contributed by atoms with Crippen LogP contribution in [-0.2, 0) is 5.41 Å². The van der Waals surface area contributed by atoms with Gasteiger partial charge in [-0.15, -0.1) is 0 Å². The molecule has 0 saturated carbocycles. The smallest absolute Gasteiger partial charge is 0.0922 e. The molecule has 2 heterocycles. The van der Waals surface area contributed by atoms with Gasteiger partial charge < -0.3 is 4.40 Å². The largest absolute Gasteiger partial charge is 0.311 e. The van der Waals surface area contributed by atoms with Crippen LogP contribution in [0.15, 0.2) is 95.0 Å². The SMILES string of the molecule is CC(C)(C)c1ccc(Sc2c(-c3ccccc3)cc3ccccn23)cc1. The molecule has 2 heteroatoms. The Balaban J connectivity index is 1.78. The lowest BCUT2D eigenvalue weighted by Gasteiger charge is -2.19. The summed E-state index contributed by atoms with van der Waals surface area (Å²) < 4.78 is 2.28. The fourth-order valence-corrected chi connectivity index (χ4v) is 4.21. The van der Waals surface area contributed by atoms with Gasteiger partial charge in [-0.25, -0.2) is 0 Å². The third-order valence-corrected chi connectivity index (χ3v) is 5.77. The molecule has 26 heavy (non-hydrogen) atoms. The summed E-state index contributed by atoms with van der Waals surface area (Å²) in [6.07, 6.45) is 2.15. The predicted octanol–water partition coefficient (Wildman–Crippen LogP) is 7.06. The third-order valence-electron chi connectivity index (χ3n) is 4.65. The van der Waals surface area contributed by atoms with Crippen molar-refractivity contribution in [3.63, 3.8) is 0 Å². The molecular formula is C24H23NS. The highest BCUT2D eigenvalue weighted by Crippen LogP contribution is 2.39. The molecule has 0 aliphatic carbocycles. The van der Waals surface area contributed by atoms with Gasteiger partial charge >= 0.3 is 0 Å². The van der Waals surface area contributed by atoms with Crippen LogP contribution in [0.25, 0.3) is 16.6 Å². The second kappa shape index (κ2) is 6.69. The van der Waals surface area contributed by atoms with Gasteiger partial charge in [0.25, 0.3) is 0 Å². The van der Waals surface area contributed by atoms with E-state index in [-0.39, 0.29) is 5.41 Å². The summed E-state index contributed by atoms with van der Waals surface area (Å²) in [5.74, 6) is 0. The van der Waals surface area contributed by atoms with Crippen molar-refractivity contribution in [3.8, 4) is 11.1 Å². The Morgan fingerprint density at radius 3 is 2.15 bits per heavy atom. The molecule has 0 amide bonds. The van der Waals surface area contributed by atoms with E-state index in [1.807, 2.05) is 11.8 Å². The van der Waals surface area contributed by atoms with Crippen molar-refractivity contribution in [1.82, 2.24) is 4.40 Å². The summed E-state index contributed by atoms with van der Waals surface area (Å²) >= 11 is 1.83. The molecule has 4 aromatic rings. The van der Waals surface area contributed by atoms with Gasteiger partial charge in [-0.05, 0) is 46.9 Å². The number of aromatic nitrogens is 1. The van der Waals surface area contributed by atoms with Crippen molar-refractivity contribution in [2.24, 2.45) is 0 Å². The van der Waals surface area contributed by atoms with Crippen LogP contribution in [0.4, 0.5) is 0 Å². The lowest BCUT2D eigenvalue weighted by atomic mass is 9.87. The second-order valence-electron chi connectivity index (χ2n) is 7.60. The highest BCUT2D eigenvalue weighted by Gasteiger charge is 2.15. The molecule has 2 aromatic heterocycles. The van der Waals surface area contributed by atoms with Gasteiger partial charge in [0, 0.05) is 22.2 Å². The van der Waals surface area contributed by atoms with Crippen LogP contribution in [0.1, 0.15) is 26.3 Å². The van der Waals surface area contributed by atoms with E-state index in [4.69, 9.17) is 0 Å². The number of pyridine rings is 1. The molecule has 2 aromatic carbocycles. The van der Waals surface area contributed by atoms with Gasteiger partial charge in [-0.1, -0.05) is 81.1 Å². The van der Waals surface area contributed by atoms with Gasteiger partial charge in [-0.3, -0.25) is 0 Å². The van der Waals surface area contributed by atoms with E-state index in [0.717, 1.165) is 0 Å². The van der Waals surface area contributed by atoms with E-state index in [0.29, 0.717) is 0 Å². The highest BCUT2D eigenvalue weighted by molar-refractivity contribution is 7.99. The maximum absolute atomic E-state index is 2.28. The Bertz CT molecular complexity index is 1020. The van der Waals surface area contributed by atoms with Crippen molar-refractivity contribution < 1.29 is 0 Å². The molecule has 0 bridgehead atoms. The quantitative estimate of drug-likeness (QED) is 0.380. The van der Waals surface area contributed by atoms with E-state index in [1.54, 1.807) is 0 Å². The summed E-state index contributed by atoms with van der Waals surface area (Å²) in [4.78, 5) is 1.26. The summed E-state index contributed by atoms with van der Waals surface area (Å²) in [7, 11) is 0. The molecule has 0 aliphatic heterocycles. The first-order chi connectivity index (χ1) is 12.5. The van der Waals surface area contributed by atoms with Crippen LogP contribution in [0.2, 0.25) is 0 Å². The maximum Gasteiger partial charge on any atom is 0.0922 e. The molecule has 4 rings (SSSR count). The minimum Gasteiger partial charge on any atom is -0.311 e. The van der Waals surface area contributed by atoms with Gasteiger partial charge in [0.15, 0.2) is 0 Å². The summed E-state index contributed by atoms with van der Waals surface area (Å²) in [5, 5.41) is 1.26. The Kier molecular flexibility index (Phi) is 4.37. The first kappa shape index (κ1) is 17.0. The Morgan fingerprint density at radius 1 is 0.769 bits per heavy atom. The van der Waals surface area contributed by atoms with E-state index < -0.39 is 0 Å². The fraction of sp³-hybridized carbons (Fsp3) is 0.167. The molecule has 0 unspecified atom stereocenters. The number of rotatable bonds is 3. The molecular weight excluding hydrogens is 334 g/mol. The van der Waals surface area contributed by atoms with E-state index in [9.17, 15) is 0 Å². The third kappa shape index (κ3) is 3.30. The van der Waals surface area contributed by atoms with Crippen LogP contribution < -0.4 is 0 Å². The number of nitrogens with zero attached hydrogens (tertiary/aromatic N) is 1. The van der Waals surface area contributed by atoms with Crippen molar-refractivity contribution in [1.29, 1.82) is 0 Å². The van der Waals surface area contributed by atoms with Crippen molar-refractivity contribution in [3.05, 3.63) is 90.6 Å². The topological polar surface area (TPSA) is 4.41 Å². The van der Waals surface area contributed by atoms with E-state index in [1.165, 1.54) is 32.1 Å². The second-order valence-corrected chi connectivity index (χ2v) is 8.66. The fourth-order valence-electron chi connectivity index (χ4n) is 3.16. The lowest BCUT2D eigenvalue weighted by Crippen LogP contribution is -2.10. The summed E-state index contributed by atoms with van der Waals surface area (Å²) in [6.45, 7) is 6.76. The van der Waals surface area contributed by atoms with Crippen LogP contribution in [0.5, 0.6) is 0 Å². The van der Waals surface area contributed by atoms with Crippen LogP contribution in [-0.4, -0.2) is 4.40 Å². The van der Waals surface area contributed by atoms with Gasteiger partial charge in [0.05, 0.1) is 5.03 Å². The van der Waals surface area contributed by atoms with E-state index >= 15 is 0 Å². The molecule has 0 saturated heterocycles. The lowest BCUT2D eigenvalue weighted by molar-refractivity contribution is 0.590. The molecule has 0 atom stereocenters. The van der Waals surface area contributed by atoms with Gasteiger partial charge in [0.2, 0.25) is 0 Å². The first-order valence-corrected chi connectivity index (χ1v) is 9.78. The molecule has 1 nitrogen and oxygen atoms in total. The first-order valence-electron chi connectivity index (χ1n) is 8.96. The molecule has 0 fully saturated rings. The average molecular weight is 358 g/mol. The predicted molar refractivity (Wildman–Crippen MR) is 112 cm³/mol.